The molecule has 0 fully saturated rings. The molecule has 0 saturated heterocycles. The van der Waals surface area contributed by atoms with Gasteiger partial charge < -0.3 is 5.32 Å². The van der Waals surface area contributed by atoms with E-state index >= 15 is 0 Å². The predicted molar refractivity (Wildman–Crippen MR) is 90.8 cm³/mol. The molecule has 0 amide bonds. The van der Waals surface area contributed by atoms with Crippen molar-refractivity contribution in [1.29, 1.82) is 0 Å². The summed E-state index contributed by atoms with van der Waals surface area (Å²) in [5, 5.41) is 3.47. The number of nitrogens with one attached hydrogen (secondary N) is 1. The molecule has 1 heteroatoms. The van der Waals surface area contributed by atoms with Crippen molar-refractivity contribution >= 4 is 0 Å². The standard InChI is InChI=1S/C19H33N/c1-7-15-13-16(8-2)18(17(9-3)14-15)19(5,6)11-12-20-10-4/h13-14,20H,7-12H2,1-6H3. The molecule has 1 N–H and O–H groups in total. The van der Waals surface area contributed by atoms with E-state index in [2.05, 4.69) is 59.0 Å². The van der Waals surface area contributed by atoms with Crippen LogP contribution in [0.15, 0.2) is 12.1 Å². The summed E-state index contributed by atoms with van der Waals surface area (Å²) in [6.45, 7) is 16.0. The molecule has 0 aromatic heterocycles. The minimum Gasteiger partial charge on any atom is -0.317 e. The smallest absolute Gasteiger partial charge is 0.00407 e. The van der Waals surface area contributed by atoms with Gasteiger partial charge in [0.1, 0.15) is 0 Å². The molecule has 0 heterocycles. The maximum atomic E-state index is 3.47. The lowest BCUT2D eigenvalue weighted by Gasteiger charge is -2.31. The van der Waals surface area contributed by atoms with E-state index in [4.69, 9.17) is 0 Å². The maximum absolute atomic E-state index is 3.47. The van der Waals surface area contributed by atoms with Crippen LogP contribution in [0.25, 0.3) is 0 Å². The van der Waals surface area contributed by atoms with Gasteiger partial charge in [-0.05, 0) is 66.4 Å². The molecule has 0 spiro atoms. The first kappa shape index (κ1) is 17.2. The minimum absolute atomic E-state index is 0.255. The van der Waals surface area contributed by atoms with E-state index in [1.165, 1.54) is 12.0 Å². The molecule has 0 bridgehead atoms. The molecule has 0 saturated carbocycles. The van der Waals surface area contributed by atoms with Crippen molar-refractivity contribution in [1.82, 2.24) is 5.32 Å². The Bertz CT molecular complexity index is 393. The molecular formula is C19H33N. The second kappa shape index (κ2) is 7.83. The van der Waals surface area contributed by atoms with E-state index in [1.54, 1.807) is 16.7 Å². The second-order valence-corrected chi connectivity index (χ2v) is 6.34. The van der Waals surface area contributed by atoms with Crippen molar-refractivity contribution in [2.24, 2.45) is 0 Å². The molecule has 1 nitrogen and oxygen atoms in total. The Labute approximate surface area is 126 Å². The lowest BCUT2D eigenvalue weighted by molar-refractivity contribution is 0.454. The Morgan fingerprint density at radius 3 is 1.85 bits per heavy atom. The highest BCUT2D eigenvalue weighted by Crippen LogP contribution is 2.34. The average Bonchev–Trinajstić information content (AvgIpc) is 2.45. The maximum Gasteiger partial charge on any atom is -0.00407 e. The summed E-state index contributed by atoms with van der Waals surface area (Å²) >= 11 is 0. The lowest BCUT2D eigenvalue weighted by atomic mass is 9.75. The van der Waals surface area contributed by atoms with E-state index in [9.17, 15) is 0 Å². The minimum atomic E-state index is 0.255. The molecule has 0 unspecified atom stereocenters. The van der Waals surface area contributed by atoms with Crippen LogP contribution in [0.5, 0.6) is 0 Å². The number of aryl methyl sites for hydroxylation is 3. The molecular weight excluding hydrogens is 242 g/mol. The normalized spacial score (nSPS) is 11.9. The number of rotatable bonds is 8. The summed E-state index contributed by atoms with van der Waals surface area (Å²) in [6, 6.07) is 4.87. The molecule has 20 heavy (non-hydrogen) atoms. The van der Waals surface area contributed by atoms with Crippen LogP contribution in [-0.4, -0.2) is 13.1 Å². The second-order valence-electron chi connectivity index (χ2n) is 6.34. The first-order valence-corrected chi connectivity index (χ1v) is 8.35. The number of hydrogen-bond donors (Lipinski definition) is 1. The first-order valence-electron chi connectivity index (χ1n) is 8.35. The van der Waals surface area contributed by atoms with Gasteiger partial charge in [0.05, 0.1) is 0 Å². The third kappa shape index (κ3) is 4.09. The summed E-state index contributed by atoms with van der Waals surface area (Å²) < 4.78 is 0. The molecule has 0 aliphatic carbocycles. The van der Waals surface area contributed by atoms with Crippen LogP contribution in [0.1, 0.15) is 70.2 Å². The number of benzene rings is 1. The van der Waals surface area contributed by atoms with Crippen LogP contribution in [0, 0.1) is 0 Å². The largest absolute Gasteiger partial charge is 0.317 e. The Kier molecular flexibility index (Phi) is 6.75. The molecule has 1 aromatic rings. The van der Waals surface area contributed by atoms with Crippen LogP contribution in [0.3, 0.4) is 0 Å². The summed E-state index contributed by atoms with van der Waals surface area (Å²) in [7, 11) is 0. The van der Waals surface area contributed by atoms with Gasteiger partial charge in [-0.3, -0.25) is 0 Å². The fourth-order valence-corrected chi connectivity index (χ4v) is 3.17. The Morgan fingerprint density at radius 2 is 1.45 bits per heavy atom. The van der Waals surface area contributed by atoms with Crippen molar-refractivity contribution in [2.75, 3.05) is 13.1 Å². The molecule has 114 valence electrons. The summed E-state index contributed by atoms with van der Waals surface area (Å²) in [6.07, 6.45) is 4.62. The van der Waals surface area contributed by atoms with E-state index in [-0.39, 0.29) is 5.41 Å². The summed E-state index contributed by atoms with van der Waals surface area (Å²) in [5.41, 5.74) is 6.47. The molecule has 1 rings (SSSR count). The Balaban J connectivity index is 3.19. The predicted octanol–water partition coefficient (Wildman–Crippen LogP) is 4.65. The lowest BCUT2D eigenvalue weighted by Crippen LogP contribution is -2.27. The highest BCUT2D eigenvalue weighted by atomic mass is 14.8. The van der Waals surface area contributed by atoms with Crippen molar-refractivity contribution in [3.8, 4) is 0 Å². The highest BCUT2D eigenvalue weighted by Gasteiger charge is 2.25. The van der Waals surface area contributed by atoms with Gasteiger partial charge in [-0.2, -0.15) is 0 Å². The van der Waals surface area contributed by atoms with E-state index in [0.29, 0.717) is 0 Å². The van der Waals surface area contributed by atoms with Gasteiger partial charge in [0.15, 0.2) is 0 Å². The Hall–Kier alpha value is -0.820. The van der Waals surface area contributed by atoms with E-state index < -0.39 is 0 Å². The van der Waals surface area contributed by atoms with Crippen molar-refractivity contribution in [3.63, 3.8) is 0 Å². The van der Waals surface area contributed by atoms with Crippen LogP contribution < -0.4 is 5.32 Å². The van der Waals surface area contributed by atoms with Gasteiger partial charge in [0, 0.05) is 0 Å². The topological polar surface area (TPSA) is 12.0 Å². The Morgan fingerprint density at radius 1 is 0.900 bits per heavy atom. The fraction of sp³-hybridized carbons (Fsp3) is 0.684. The third-order valence-electron chi connectivity index (χ3n) is 4.39. The van der Waals surface area contributed by atoms with Gasteiger partial charge in [-0.1, -0.05) is 53.7 Å². The van der Waals surface area contributed by atoms with Gasteiger partial charge in [0.2, 0.25) is 0 Å². The molecule has 0 atom stereocenters. The first-order chi connectivity index (χ1) is 9.50. The van der Waals surface area contributed by atoms with Gasteiger partial charge in [-0.15, -0.1) is 0 Å². The summed E-state index contributed by atoms with van der Waals surface area (Å²) in [5.74, 6) is 0. The van der Waals surface area contributed by atoms with Gasteiger partial charge in [0.25, 0.3) is 0 Å². The van der Waals surface area contributed by atoms with Crippen LogP contribution in [-0.2, 0) is 24.7 Å². The van der Waals surface area contributed by atoms with Crippen LogP contribution >= 0.6 is 0 Å². The molecule has 0 aliphatic rings. The highest BCUT2D eigenvalue weighted by molar-refractivity contribution is 5.44. The van der Waals surface area contributed by atoms with E-state index in [1.807, 2.05) is 0 Å². The van der Waals surface area contributed by atoms with Crippen molar-refractivity contribution in [2.45, 2.75) is 72.6 Å². The SMILES string of the molecule is CCNCCC(C)(C)c1c(CC)cc(CC)cc1CC. The molecule has 0 radical (unpaired) electrons. The monoisotopic (exact) mass is 275 g/mol. The van der Waals surface area contributed by atoms with Crippen molar-refractivity contribution in [3.05, 3.63) is 34.4 Å². The van der Waals surface area contributed by atoms with Crippen LogP contribution in [0.4, 0.5) is 0 Å². The quantitative estimate of drug-likeness (QED) is 0.681. The fourth-order valence-electron chi connectivity index (χ4n) is 3.17. The zero-order chi connectivity index (χ0) is 15.2. The average molecular weight is 275 g/mol. The summed E-state index contributed by atoms with van der Waals surface area (Å²) in [4.78, 5) is 0. The van der Waals surface area contributed by atoms with Gasteiger partial charge >= 0.3 is 0 Å². The third-order valence-corrected chi connectivity index (χ3v) is 4.39. The van der Waals surface area contributed by atoms with E-state index in [0.717, 1.165) is 32.4 Å². The van der Waals surface area contributed by atoms with Crippen molar-refractivity contribution < 1.29 is 0 Å². The zero-order valence-corrected chi connectivity index (χ0v) is 14.4. The van der Waals surface area contributed by atoms with Crippen LogP contribution in [0.2, 0.25) is 0 Å². The molecule has 0 aliphatic heterocycles. The molecule has 1 aromatic carbocycles. The van der Waals surface area contributed by atoms with Gasteiger partial charge in [-0.25, -0.2) is 0 Å². The zero-order valence-electron chi connectivity index (χ0n) is 14.4. The number of hydrogen-bond acceptors (Lipinski definition) is 1.